The molecule has 0 radical (unpaired) electrons. The average Bonchev–Trinajstić information content (AvgIpc) is 2.52. The zero-order valence-corrected chi connectivity index (χ0v) is 11.7. The van der Waals surface area contributed by atoms with Crippen LogP contribution in [0, 0.1) is 0 Å². The van der Waals surface area contributed by atoms with Gasteiger partial charge in [0, 0.05) is 0 Å². The predicted molar refractivity (Wildman–Crippen MR) is 86.9 cm³/mol. The van der Waals surface area contributed by atoms with Crippen molar-refractivity contribution in [3.05, 3.63) is 97.1 Å². The number of benzene rings is 3. The minimum atomic E-state index is 0.777. The minimum absolute atomic E-state index is 0.777. The monoisotopic (exact) mass is 264 g/mol. The van der Waals surface area contributed by atoms with E-state index in [1.165, 1.54) is 10.6 Å². The summed E-state index contributed by atoms with van der Waals surface area (Å²) in [7, 11) is 0.777. The second-order valence-corrected chi connectivity index (χ2v) is 5.42. The first-order valence-corrected chi connectivity index (χ1v) is 7.32. The molecule has 0 N–H and O–H groups in total. The highest BCUT2D eigenvalue weighted by molar-refractivity contribution is 7.55. The summed E-state index contributed by atoms with van der Waals surface area (Å²) in [5, 5.41) is 2.79. The molecule has 3 aromatic carbocycles. The standard InChI is InChI=1S/C12H11P.C6H6/c1-3-7-11(8-4-1)13-12-9-5-2-6-10-12;1-2-4-6-5-3-1/h1-10,13H;1-6H. The lowest BCUT2D eigenvalue weighted by atomic mass is 10.4. The Morgan fingerprint density at radius 3 is 0.947 bits per heavy atom. The van der Waals surface area contributed by atoms with Crippen molar-refractivity contribution in [2.24, 2.45) is 0 Å². The van der Waals surface area contributed by atoms with Crippen molar-refractivity contribution in [1.29, 1.82) is 0 Å². The predicted octanol–water partition coefficient (Wildman–Crippen LogP) is 4.00. The molecule has 0 saturated heterocycles. The molecule has 0 aliphatic heterocycles. The average molecular weight is 264 g/mol. The number of hydrogen-bond acceptors (Lipinski definition) is 0. The van der Waals surface area contributed by atoms with Crippen LogP contribution in [0.4, 0.5) is 0 Å². The summed E-state index contributed by atoms with van der Waals surface area (Å²) < 4.78 is 0. The summed E-state index contributed by atoms with van der Waals surface area (Å²) in [6, 6.07) is 33.2. The van der Waals surface area contributed by atoms with Gasteiger partial charge in [0.2, 0.25) is 0 Å². The molecule has 0 aromatic heterocycles. The fourth-order valence-electron chi connectivity index (χ4n) is 1.59. The highest BCUT2D eigenvalue weighted by atomic mass is 31.1. The topological polar surface area (TPSA) is 0 Å². The quantitative estimate of drug-likeness (QED) is 0.614. The van der Waals surface area contributed by atoms with Gasteiger partial charge in [-0.15, -0.1) is 0 Å². The van der Waals surface area contributed by atoms with Crippen molar-refractivity contribution in [1.82, 2.24) is 0 Å². The summed E-state index contributed by atoms with van der Waals surface area (Å²) in [4.78, 5) is 0. The summed E-state index contributed by atoms with van der Waals surface area (Å²) >= 11 is 0. The Labute approximate surface area is 116 Å². The van der Waals surface area contributed by atoms with Gasteiger partial charge in [-0.1, -0.05) is 106 Å². The van der Waals surface area contributed by atoms with E-state index in [-0.39, 0.29) is 0 Å². The summed E-state index contributed by atoms with van der Waals surface area (Å²) in [5.41, 5.74) is 0. The normalized spacial score (nSPS) is 9.26. The first-order valence-electron chi connectivity index (χ1n) is 6.32. The van der Waals surface area contributed by atoms with Gasteiger partial charge >= 0.3 is 0 Å². The van der Waals surface area contributed by atoms with Crippen LogP contribution in [0.3, 0.4) is 0 Å². The Morgan fingerprint density at radius 2 is 0.632 bits per heavy atom. The van der Waals surface area contributed by atoms with Crippen molar-refractivity contribution >= 4 is 19.2 Å². The van der Waals surface area contributed by atoms with Crippen molar-refractivity contribution in [2.45, 2.75) is 0 Å². The van der Waals surface area contributed by atoms with Crippen LogP contribution in [-0.2, 0) is 0 Å². The van der Waals surface area contributed by atoms with Crippen molar-refractivity contribution in [3.63, 3.8) is 0 Å². The second-order valence-electron chi connectivity index (χ2n) is 4.01. The highest BCUT2D eigenvalue weighted by Gasteiger charge is 1.92. The molecule has 0 unspecified atom stereocenters. The molecular weight excluding hydrogens is 247 g/mol. The molecule has 0 nitrogen and oxygen atoms in total. The maximum atomic E-state index is 2.17. The molecule has 3 aromatic rings. The molecule has 0 heterocycles. The summed E-state index contributed by atoms with van der Waals surface area (Å²) in [6.45, 7) is 0. The number of rotatable bonds is 2. The van der Waals surface area contributed by atoms with Crippen molar-refractivity contribution in [3.8, 4) is 0 Å². The lowest BCUT2D eigenvalue weighted by Crippen LogP contribution is -2.01. The van der Waals surface area contributed by atoms with E-state index < -0.39 is 0 Å². The van der Waals surface area contributed by atoms with Crippen LogP contribution in [0.5, 0.6) is 0 Å². The Morgan fingerprint density at radius 1 is 0.368 bits per heavy atom. The third kappa shape index (κ3) is 5.50. The van der Waals surface area contributed by atoms with Crippen LogP contribution in [0.2, 0.25) is 0 Å². The van der Waals surface area contributed by atoms with Gasteiger partial charge in [0.1, 0.15) is 0 Å². The Balaban J connectivity index is 0.000000186. The molecule has 0 amide bonds. The molecule has 0 bridgehead atoms. The third-order valence-electron chi connectivity index (χ3n) is 2.50. The highest BCUT2D eigenvalue weighted by Crippen LogP contribution is 2.08. The van der Waals surface area contributed by atoms with Gasteiger partial charge in [-0.05, 0) is 10.6 Å². The van der Waals surface area contributed by atoms with Gasteiger partial charge < -0.3 is 0 Å². The molecule has 0 aliphatic rings. The van der Waals surface area contributed by atoms with E-state index in [9.17, 15) is 0 Å². The zero-order chi connectivity index (χ0) is 13.2. The van der Waals surface area contributed by atoms with Gasteiger partial charge in [0.25, 0.3) is 0 Å². The van der Waals surface area contributed by atoms with Crippen LogP contribution in [0.1, 0.15) is 0 Å². The van der Waals surface area contributed by atoms with Crippen LogP contribution < -0.4 is 10.6 Å². The minimum Gasteiger partial charge on any atom is -0.0623 e. The van der Waals surface area contributed by atoms with Crippen molar-refractivity contribution < 1.29 is 0 Å². The first-order chi connectivity index (χ1) is 9.45. The molecule has 1 heteroatoms. The van der Waals surface area contributed by atoms with Gasteiger partial charge in [-0.2, -0.15) is 0 Å². The molecule has 19 heavy (non-hydrogen) atoms. The fourth-order valence-corrected chi connectivity index (χ4v) is 2.65. The molecule has 94 valence electrons. The van der Waals surface area contributed by atoms with E-state index in [1.54, 1.807) is 0 Å². The lowest BCUT2D eigenvalue weighted by Gasteiger charge is -2.00. The van der Waals surface area contributed by atoms with Gasteiger partial charge in [-0.3, -0.25) is 0 Å². The molecule has 0 aliphatic carbocycles. The summed E-state index contributed by atoms with van der Waals surface area (Å²) in [6.07, 6.45) is 0. The smallest absolute Gasteiger partial charge is 0.0226 e. The maximum Gasteiger partial charge on any atom is -0.0226 e. The van der Waals surface area contributed by atoms with Crippen molar-refractivity contribution in [2.75, 3.05) is 0 Å². The van der Waals surface area contributed by atoms with E-state index in [4.69, 9.17) is 0 Å². The lowest BCUT2D eigenvalue weighted by molar-refractivity contribution is 1.72. The van der Waals surface area contributed by atoms with Crippen LogP contribution in [0.25, 0.3) is 0 Å². The zero-order valence-electron chi connectivity index (χ0n) is 10.7. The molecule has 3 rings (SSSR count). The molecule has 0 atom stereocenters. The SMILES string of the molecule is c1ccc(Pc2ccccc2)cc1.c1ccccc1. The van der Waals surface area contributed by atoms with Gasteiger partial charge in [0.15, 0.2) is 0 Å². The maximum absolute atomic E-state index is 2.17. The Bertz CT molecular complexity index is 483. The third-order valence-corrected chi connectivity index (χ3v) is 3.75. The van der Waals surface area contributed by atoms with Gasteiger partial charge in [-0.25, -0.2) is 0 Å². The van der Waals surface area contributed by atoms with E-state index in [0.29, 0.717) is 0 Å². The largest absolute Gasteiger partial charge is 0.0623 e. The second kappa shape index (κ2) is 8.24. The van der Waals surface area contributed by atoms with E-state index in [2.05, 4.69) is 60.7 Å². The number of hydrogen-bond donors (Lipinski definition) is 0. The van der Waals surface area contributed by atoms with E-state index in [0.717, 1.165) is 8.58 Å². The van der Waals surface area contributed by atoms with E-state index in [1.807, 2.05) is 36.4 Å². The summed E-state index contributed by atoms with van der Waals surface area (Å²) in [5.74, 6) is 0. The van der Waals surface area contributed by atoms with E-state index >= 15 is 0 Å². The van der Waals surface area contributed by atoms with Crippen LogP contribution in [-0.4, -0.2) is 0 Å². The van der Waals surface area contributed by atoms with Crippen LogP contribution >= 0.6 is 8.58 Å². The van der Waals surface area contributed by atoms with Gasteiger partial charge in [0.05, 0.1) is 0 Å². The molecule has 0 fully saturated rings. The first kappa shape index (κ1) is 13.5. The van der Waals surface area contributed by atoms with Crippen LogP contribution in [0.15, 0.2) is 97.1 Å². The Kier molecular flexibility index (Phi) is 5.86. The molecule has 0 saturated carbocycles. The molecular formula is C18H17P. The fraction of sp³-hybridized carbons (Fsp3) is 0. The Hall–Kier alpha value is -1.91. The molecule has 0 spiro atoms.